The van der Waals surface area contributed by atoms with E-state index < -0.39 is 27.3 Å². The van der Waals surface area contributed by atoms with Gasteiger partial charge in [0.15, 0.2) is 9.84 Å². The van der Waals surface area contributed by atoms with Crippen molar-refractivity contribution in [1.29, 1.82) is 0 Å². The Bertz CT molecular complexity index is 752. The minimum atomic E-state index is -3.60. The summed E-state index contributed by atoms with van der Waals surface area (Å²) in [6.45, 7) is 2.10. The molecule has 144 valence electrons. The maximum Gasteiger partial charge on any atom is 0.331 e. The Morgan fingerprint density at radius 2 is 1.81 bits per heavy atom. The van der Waals surface area contributed by atoms with Crippen LogP contribution in [-0.4, -0.2) is 38.7 Å². The Hall–Kier alpha value is -1.60. The van der Waals surface area contributed by atoms with E-state index in [-0.39, 0.29) is 17.1 Å². The van der Waals surface area contributed by atoms with Crippen molar-refractivity contribution in [3.8, 4) is 0 Å². The third-order valence-electron chi connectivity index (χ3n) is 4.85. The van der Waals surface area contributed by atoms with Crippen LogP contribution in [0.5, 0.6) is 0 Å². The molecule has 2 rings (SSSR count). The maximum absolute atomic E-state index is 12.3. The Balaban J connectivity index is 2.02. The van der Waals surface area contributed by atoms with E-state index in [9.17, 15) is 18.0 Å². The van der Waals surface area contributed by atoms with Gasteiger partial charge in [0.2, 0.25) is 5.91 Å². The lowest BCUT2D eigenvalue weighted by molar-refractivity contribution is -0.153. The third-order valence-corrected chi connectivity index (χ3v) is 6.84. The van der Waals surface area contributed by atoms with E-state index in [1.165, 1.54) is 31.4 Å². The lowest BCUT2D eigenvalue weighted by Gasteiger charge is -2.37. The molecule has 26 heavy (non-hydrogen) atoms. The SMILES string of the molecule is COC(=O)C1(NC(=O)CCS(=O)(=O)c2ccc(Cl)cc2)CCC(C)CC1. The maximum atomic E-state index is 12.3. The van der Waals surface area contributed by atoms with E-state index in [1.807, 2.05) is 0 Å². The summed E-state index contributed by atoms with van der Waals surface area (Å²) in [6.07, 6.45) is 2.38. The van der Waals surface area contributed by atoms with Crippen LogP contribution in [0.15, 0.2) is 29.2 Å². The van der Waals surface area contributed by atoms with Crippen LogP contribution in [0.25, 0.3) is 0 Å². The number of hydrogen-bond acceptors (Lipinski definition) is 5. The first-order chi connectivity index (χ1) is 12.2. The predicted octanol–water partition coefficient (Wildman–Crippen LogP) is 2.74. The van der Waals surface area contributed by atoms with Crippen molar-refractivity contribution < 1.29 is 22.7 Å². The summed E-state index contributed by atoms with van der Waals surface area (Å²) in [5, 5.41) is 3.18. The molecule has 0 aromatic heterocycles. The minimum absolute atomic E-state index is 0.115. The van der Waals surface area contributed by atoms with Crippen LogP contribution >= 0.6 is 11.6 Å². The Kier molecular flexibility index (Phi) is 6.69. The van der Waals surface area contributed by atoms with Crippen LogP contribution in [-0.2, 0) is 24.2 Å². The van der Waals surface area contributed by atoms with Gasteiger partial charge < -0.3 is 10.1 Å². The fraction of sp³-hybridized carbons (Fsp3) is 0.556. The highest BCUT2D eigenvalue weighted by atomic mass is 35.5. The lowest BCUT2D eigenvalue weighted by atomic mass is 9.77. The van der Waals surface area contributed by atoms with Crippen LogP contribution in [0.1, 0.15) is 39.0 Å². The lowest BCUT2D eigenvalue weighted by Crippen LogP contribution is -2.57. The zero-order valence-corrected chi connectivity index (χ0v) is 16.5. The number of benzene rings is 1. The standard InChI is InChI=1S/C18H24ClNO5S/c1-13-7-10-18(11-8-13,17(22)25-2)20-16(21)9-12-26(23,24)15-5-3-14(19)4-6-15/h3-6,13H,7-12H2,1-2H3,(H,20,21). The van der Waals surface area contributed by atoms with Crippen LogP contribution < -0.4 is 5.32 Å². The summed E-state index contributed by atoms with van der Waals surface area (Å²) in [6, 6.07) is 5.80. The molecule has 1 aliphatic rings. The minimum Gasteiger partial charge on any atom is -0.467 e. The normalized spacial score (nSPS) is 23.3. The zero-order chi connectivity index (χ0) is 19.4. The molecule has 8 heteroatoms. The molecule has 1 aliphatic carbocycles. The Morgan fingerprint density at radius 1 is 1.23 bits per heavy atom. The first-order valence-corrected chi connectivity index (χ1v) is 10.6. The summed E-state index contributed by atoms with van der Waals surface area (Å²) in [5.74, 6) is -0.801. The van der Waals surface area contributed by atoms with Crippen molar-refractivity contribution in [3.63, 3.8) is 0 Å². The second kappa shape index (κ2) is 8.39. The van der Waals surface area contributed by atoms with Crippen molar-refractivity contribution in [2.45, 2.75) is 49.5 Å². The van der Waals surface area contributed by atoms with Gasteiger partial charge >= 0.3 is 5.97 Å². The molecule has 0 aliphatic heterocycles. The van der Waals surface area contributed by atoms with Gasteiger partial charge in [0.1, 0.15) is 5.54 Å². The van der Waals surface area contributed by atoms with Crippen molar-refractivity contribution in [2.24, 2.45) is 5.92 Å². The van der Waals surface area contributed by atoms with E-state index in [0.717, 1.165) is 12.8 Å². The molecule has 1 aromatic rings. The van der Waals surface area contributed by atoms with Crippen LogP contribution in [0.2, 0.25) is 5.02 Å². The number of ether oxygens (including phenoxy) is 1. The average Bonchev–Trinajstić information content (AvgIpc) is 2.62. The van der Waals surface area contributed by atoms with Gasteiger partial charge in [0, 0.05) is 11.4 Å². The molecular weight excluding hydrogens is 378 g/mol. The molecule has 0 heterocycles. The average molecular weight is 402 g/mol. The molecule has 1 N–H and O–H groups in total. The summed E-state index contributed by atoms with van der Waals surface area (Å²) in [7, 11) is -2.31. The highest BCUT2D eigenvalue weighted by Crippen LogP contribution is 2.33. The summed E-state index contributed by atoms with van der Waals surface area (Å²) in [4.78, 5) is 24.7. The van der Waals surface area contributed by atoms with Gasteiger partial charge in [0.25, 0.3) is 0 Å². The van der Waals surface area contributed by atoms with E-state index >= 15 is 0 Å². The molecule has 1 saturated carbocycles. The molecule has 1 aromatic carbocycles. The van der Waals surface area contributed by atoms with Gasteiger partial charge in [0.05, 0.1) is 17.8 Å². The number of carbonyl (C=O) groups is 2. The van der Waals surface area contributed by atoms with E-state index in [0.29, 0.717) is 23.8 Å². The molecule has 1 fully saturated rings. The van der Waals surface area contributed by atoms with Gasteiger partial charge in [-0.15, -0.1) is 0 Å². The van der Waals surface area contributed by atoms with Gasteiger partial charge in [-0.3, -0.25) is 4.79 Å². The Morgan fingerprint density at radius 3 is 2.35 bits per heavy atom. The highest BCUT2D eigenvalue weighted by Gasteiger charge is 2.43. The van der Waals surface area contributed by atoms with Crippen molar-refractivity contribution in [2.75, 3.05) is 12.9 Å². The second-order valence-corrected chi connectivity index (χ2v) is 9.37. The number of methoxy groups -OCH3 is 1. The third kappa shape index (κ3) is 4.98. The van der Waals surface area contributed by atoms with Gasteiger partial charge in [-0.1, -0.05) is 18.5 Å². The van der Waals surface area contributed by atoms with Crippen LogP contribution in [0.3, 0.4) is 0 Å². The molecule has 0 bridgehead atoms. The number of nitrogens with one attached hydrogen (secondary N) is 1. The predicted molar refractivity (Wildman–Crippen MR) is 98.6 cm³/mol. The first-order valence-electron chi connectivity index (χ1n) is 8.56. The molecule has 1 amide bonds. The number of sulfone groups is 1. The van der Waals surface area contributed by atoms with E-state index in [2.05, 4.69) is 12.2 Å². The second-order valence-electron chi connectivity index (χ2n) is 6.83. The number of halogens is 1. The summed E-state index contributed by atoms with van der Waals surface area (Å²) < 4.78 is 29.5. The summed E-state index contributed by atoms with van der Waals surface area (Å²) >= 11 is 5.76. The number of rotatable bonds is 6. The molecule has 0 radical (unpaired) electrons. The molecule has 0 spiro atoms. The fourth-order valence-corrected chi connectivity index (χ4v) is 4.51. The van der Waals surface area contributed by atoms with Crippen LogP contribution in [0, 0.1) is 5.92 Å². The topological polar surface area (TPSA) is 89.5 Å². The largest absolute Gasteiger partial charge is 0.467 e. The Labute approximate surface area is 159 Å². The van der Waals surface area contributed by atoms with Gasteiger partial charge in [-0.2, -0.15) is 0 Å². The number of esters is 1. The fourth-order valence-electron chi connectivity index (χ4n) is 3.15. The quantitative estimate of drug-likeness (QED) is 0.740. The first kappa shape index (κ1) is 20.7. The molecule has 6 nitrogen and oxygen atoms in total. The molecule has 0 unspecified atom stereocenters. The van der Waals surface area contributed by atoms with E-state index in [1.54, 1.807) is 0 Å². The van der Waals surface area contributed by atoms with Crippen LogP contribution in [0.4, 0.5) is 0 Å². The smallest absolute Gasteiger partial charge is 0.331 e. The highest BCUT2D eigenvalue weighted by molar-refractivity contribution is 7.91. The number of hydrogen-bond donors (Lipinski definition) is 1. The van der Waals surface area contributed by atoms with Crippen molar-refractivity contribution in [3.05, 3.63) is 29.3 Å². The number of amides is 1. The zero-order valence-electron chi connectivity index (χ0n) is 15.0. The summed E-state index contributed by atoms with van der Waals surface area (Å²) in [5.41, 5.74) is -1.05. The molecule has 0 atom stereocenters. The molecule has 0 saturated heterocycles. The number of carbonyl (C=O) groups excluding carboxylic acids is 2. The van der Waals surface area contributed by atoms with Gasteiger partial charge in [-0.25, -0.2) is 13.2 Å². The molecular formula is C18H24ClNO5S. The van der Waals surface area contributed by atoms with Crippen molar-refractivity contribution in [1.82, 2.24) is 5.32 Å². The monoisotopic (exact) mass is 401 g/mol. The van der Waals surface area contributed by atoms with Gasteiger partial charge in [-0.05, 0) is 55.9 Å². The van der Waals surface area contributed by atoms with E-state index in [4.69, 9.17) is 16.3 Å². The van der Waals surface area contributed by atoms with Crippen molar-refractivity contribution >= 4 is 33.3 Å².